The second-order valence-electron chi connectivity index (χ2n) is 11.0. The first-order valence-corrected chi connectivity index (χ1v) is 13.5. The first kappa shape index (κ1) is 26.9. The minimum atomic E-state index is -3.46. The largest absolute Gasteiger partial charge is 0.383 e. The van der Waals surface area contributed by atoms with Crippen LogP contribution in [-0.4, -0.2) is 25.2 Å². The number of fused-ring (bicyclic) bond motifs is 2. The van der Waals surface area contributed by atoms with Crippen LogP contribution in [0.2, 0.25) is 0 Å². The lowest BCUT2D eigenvalue weighted by atomic mass is 9.87. The fraction of sp³-hybridized carbons (Fsp3) is 0.467. The van der Waals surface area contributed by atoms with Gasteiger partial charge in [0.15, 0.2) is 0 Å². The van der Waals surface area contributed by atoms with Crippen molar-refractivity contribution in [1.82, 2.24) is 14.5 Å². The van der Waals surface area contributed by atoms with Crippen molar-refractivity contribution < 1.29 is 13.9 Å². The number of hydrogen-bond acceptors (Lipinski definition) is 6. The molecule has 1 aromatic carbocycles. The minimum Gasteiger partial charge on any atom is -0.383 e. The molecule has 1 unspecified atom stereocenters. The summed E-state index contributed by atoms with van der Waals surface area (Å²) in [5, 5.41) is 24.5. The lowest BCUT2D eigenvalue weighted by Gasteiger charge is -2.32. The Morgan fingerprint density at radius 1 is 1.13 bits per heavy atom. The van der Waals surface area contributed by atoms with E-state index in [-0.39, 0.29) is 24.1 Å². The van der Waals surface area contributed by atoms with Crippen molar-refractivity contribution in [2.45, 2.75) is 88.8 Å². The van der Waals surface area contributed by atoms with Gasteiger partial charge in [0, 0.05) is 30.6 Å². The zero-order chi connectivity index (χ0) is 27.8. The lowest BCUT2D eigenvalue weighted by Crippen LogP contribution is -2.42. The van der Waals surface area contributed by atoms with E-state index in [1.807, 2.05) is 6.08 Å². The molecule has 1 atom stereocenters. The zero-order valence-corrected chi connectivity index (χ0v) is 22.3. The predicted octanol–water partition coefficient (Wildman–Crippen LogP) is 5.63. The number of nitriles is 1. The maximum Gasteiger partial charge on any atom is 0.301 e. The van der Waals surface area contributed by atoms with Crippen molar-refractivity contribution in [2.24, 2.45) is 0 Å². The number of nitrogens with zero attached hydrogens (tertiary/aromatic N) is 4. The summed E-state index contributed by atoms with van der Waals surface area (Å²) in [6, 6.07) is 10.1. The summed E-state index contributed by atoms with van der Waals surface area (Å²) in [5.41, 5.74) is -1.93. The van der Waals surface area contributed by atoms with E-state index in [2.05, 4.69) is 21.4 Å². The summed E-state index contributed by atoms with van der Waals surface area (Å²) in [7, 11) is 0. The number of aromatic nitrogens is 3. The second kappa shape index (κ2) is 10.2. The van der Waals surface area contributed by atoms with Crippen LogP contribution in [-0.2, 0) is 24.4 Å². The highest BCUT2D eigenvalue weighted by Gasteiger charge is 2.50. The highest BCUT2D eigenvalue weighted by Crippen LogP contribution is 2.47. The number of aliphatic hydroxyl groups is 1. The van der Waals surface area contributed by atoms with E-state index in [0.29, 0.717) is 59.6 Å². The number of halogens is 2. The second-order valence-corrected chi connectivity index (χ2v) is 11.0. The van der Waals surface area contributed by atoms with Gasteiger partial charge in [-0.1, -0.05) is 36.8 Å². The maximum atomic E-state index is 15.4. The van der Waals surface area contributed by atoms with E-state index in [4.69, 9.17) is 0 Å². The highest BCUT2D eigenvalue weighted by atomic mass is 19.3. The topological polar surface area (TPSA) is 104 Å². The van der Waals surface area contributed by atoms with Crippen LogP contribution in [0.4, 0.5) is 14.6 Å². The number of hydrogen-bond donors (Lipinski definition) is 2. The summed E-state index contributed by atoms with van der Waals surface area (Å²) in [5.74, 6) is -2.51. The Morgan fingerprint density at radius 2 is 1.92 bits per heavy atom. The van der Waals surface area contributed by atoms with Gasteiger partial charge in [0.05, 0.1) is 16.9 Å². The van der Waals surface area contributed by atoms with Crippen LogP contribution in [0.3, 0.4) is 0 Å². The monoisotopic (exact) mass is 533 g/mol. The molecular weight excluding hydrogens is 500 g/mol. The fourth-order valence-electron chi connectivity index (χ4n) is 5.25. The Morgan fingerprint density at radius 3 is 2.67 bits per heavy atom. The average Bonchev–Trinajstić information content (AvgIpc) is 3.70. The van der Waals surface area contributed by atoms with Gasteiger partial charge in [0.25, 0.3) is 5.56 Å². The van der Waals surface area contributed by atoms with E-state index in [1.54, 1.807) is 35.8 Å². The molecule has 39 heavy (non-hydrogen) atoms. The van der Waals surface area contributed by atoms with Crippen molar-refractivity contribution in [3.05, 3.63) is 75.4 Å². The van der Waals surface area contributed by atoms with Gasteiger partial charge < -0.3 is 10.4 Å². The molecule has 0 amide bonds. The molecule has 7 nitrogen and oxygen atoms in total. The molecule has 9 heteroatoms. The third kappa shape index (κ3) is 5.06. The van der Waals surface area contributed by atoms with Crippen LogP contribution >= 0.6 is 0 Å². The molecule has 0 spiro atoms. The van der Waals surface area contributed by atoms with Crippen molar-refractivity contribution in [1.29, 1.82) is 5.26 Å². The molecule has 1 saturated carbocycles. The van der Waals surface area contributed by atoms with Crippen LogP contribution in [0.25, 0.3) is 11.0 Å². The van der Waals surface area contributed by atoms with Crippen molar-refractivity contribution in [2.75, 3.05) is 5.32 Å². The van der Waals surface area contributed by atoms with Gasteiger partial charge in [-0.25, -0.2) is 9.97 Å². The Labute approximate surface area is 226 Å². The molecule has 2 aliphatic rings. The minimum absolute atomic E-state index is 0.177. The molecule has 6 bridgehead atoms. The van der Waals surface area contributed by atoms with E-state index in [0.717, 1.165) is 19.3 Å². The van der Waals surface area contributed by atoms with E-state index >= 15 is 8.78 Å². The number of alkyl halides is 2. The van der Waals surface area contributed by atoms with Crippen molar-refractivity contribution in [3.8, 4) is 6.07 Å². The van der Waals surface area contributed by atoms with Crippen molar-refractivity contribution in [3.63, 3.8) is 0 Å². The Kier molecular flexibility index (Phi) is 7.02. The number of nitrogens with one attached hydrogen (secondary N) is 1. The molecule has 1 aliphatic carbocycles. The van der Waals surface area contributed by atoms with Crippen LogP contribution in [0, 0.1) is 18.3 Å². The molecule has 3 heterocycles. The first-order valence-electron chi connectivity index (χ1n) is 13.5. The van der Waals surface area contributed by atoms with E-state index < -0.39 is 16.9 Å². The Hall–Kier alpha value is -3.64. The molecule has 0 radical (unpaired) electrons. The summed E-state index contributed by atoms with van der Waals surface area (Å²) in [6.07, 6.45) is 7.57. The zero-order valence-electron chi connectivity index (χ0n) is 22.3. The molecular formula is C30H33F2N5O2. The van der Waals surface area contributed by atoms with Crippen LogP contribution in [0.1, 0.15) is 74.4 Å². The van der Waals surface area contributed by atoms with E-state index in [9.17, 15) is 15.2 Å². The van der Waals surface area contributed by atoms with Gasteiger partial charge in [0.1, 0.15) is 22.9 Å². The number of rotatable bonds is 1. The maximum absolute atomic E-state index is 15.4. The third-order valence-corrected chi connectivity index (χ3v) is 7.90. The van der Waals surface area contributed by atoms with Gasteiger partial charge in [-0.3, -0.25) is 9.36 Å². The SMILES string of the molecule is Cc1nc2c3cc(C4(C#N)CC4)c(=O)n(c3n1)CCCCC/C=C\CC(C)(O)C(F)(F)c1cccc(c1)CN2. The quantitative estimate of drug-likeness (QED) is 0.393. The van der Waals surface area contributed by atoms with Crippen LogP contribution in [0.5, 0.6) is 0 Å². The van der Waals surface area contributed by atoms with Gasteiger partial charge in [0.2, 0.25) is 0 Å². The first-order chi connectivity index (χ1) is 18.6. The third-order valence-electron chi connectivity index (χ3n) is 7.90. The number of aryl methyl sites for hydroxylation is 2. The summed E-state index contributed by atoms with van der Waals surface area (Å²) < 4.78 is 32.5. The summed E-state index contributed by atoms with van der Waals surface area (Å²) >= 11 is 0. The Balaban J connectivity index is 1.62. The predicted molar refractivity (Wildman–Crippen MR) is 146 cm³/mol. The number of allylic oxidation sites excluding steroid dienone is 1. The van der Waals surface area contributed by atoms with Gasteiger partial charge >= 0.3 is 5.92 Å². The molecule has 2 N–H and O–H groups in total. The molecule has 5 rings (SSSR count). The van der Waals surface area contributed by atoms with E-state index in [1.165, 1.54) is 19.1 Å². The highest BCUT2D eigenvalue weighted by molar-refractivity contribution is 5.87. The summed E-state index contributed by atoms with van der Waals surface area (Å²) in [4.78, 5) is 22.8. The van der Waals surface area contributed by atoms with Gasteiger partial charge in [-0.05, 0) is 63.6 Å². The molecule has 204 valence electrons. The molecule has 3 aromatic rings. The van der Waals surface area contributed by atoms with Gasteiger partial charge in [-0.15, -0.1) is 0 Å². The molecule has 0 saturated heterocycles. The summed E-state index contributed by atoms with van der Waals surface area (Å²) in [6.45, 7) is 3.56. The number of benzene rings is 1. The standard InChI is InChI=1S/C30H33F2N5O2/c1-20-35-25-23-17-24(29(19-33)13-14-29)27(38)37(26(23)36-20)15-8-6-4-3-5-7-12-28(2,39)30(31,32)22-11-9-10-21(16-22)18-34-25/h5,7,9-11,16-17,39H,3-4,6,8,12-15,18H2,1-2H3,(H,34,35,36)/b7-5-. The smallest absolute Gasteiger partial charge is 0.301 e. The fourth-order valence-corrected chi connectivity index (χ4v) is 5.25. The van der Waals surface area contributed by atoms with Crippen molar-refractivity contribution >= 4 is 16.9 Å². The lowest BCUT2D eigenvalue weighted by molar-refractivity contribution is -0.176. The van der Waals surface area contributed by atoms with Gasteiger partial charge in [-0.2, -0.15) is 14.0 Å². The molecule has 1 aliphatic heterocycles. The molecule has 2 aromatic heterocycles. The molecule has 1 fully saturated rings. The average molecular weight is 534 g/mol. The normalized spacial score (nSPS) is 23.6. The van der Waals surface area contributed by atoms with Crippen LogP contribution < -0.4 is 10.9 Å². The number of pyridine rings is 1. The number of anilines is 1. The Bertz CT molecular complexity index is 1530. The van der Waals surface area contributed by atoms with Crippen LogP contribution in [0.15, 0.2) is 47.3 Å².